The molecule has 16 heavy (non-hydrogen) atoms. The first-order chi connectivity index (χ1) is 7.65. The molecule has 2 fully saturated rings. The maximum atomic E-state index is 11.9. The van der Waals surface area contributed by atoms with E-state index in [1.165, 1.54) is 0 Å². The van der Waals surface area contributed by atoms with Gasteiger partial charge in [0.25, 0.3) is 0 Å². The van der Waals surface area contributed by atoms with Crippen molar-refractivity contribution in [1.82, 2.24) is 10.2 Å². The molecule has 2 amide bonds. The molecule has 1 aliphatic heterocycles. The predicted molar refractivity (Wildman–Crippen MR) is 57.8 cm³/mol. The lowest BCUT2D eigenvalue weighted by molar-refractivity contribution is -0.150. The van der Waals surface area contributed by atoms with Gasteiger partial charge in [0.15, 0.2) is 0 Å². The van der Waals surface area contributed by atoms with E-state index in [1.54, 1.807) is 18.9 Å². The minimum absolute atomic E-state index is 0.000972. The van der Waals surface area contributed by atoms with Crippen molar-refractivity contribution in [3.8, 4) is 0 Å². The Hall–Kier alpha value is -1.10. The highest BCUT2D eigenvalue weighted by Crippen LogP contribution is 2.28. The molecule has 0 bridgehead atoms. The maximum absolute atomic E-state index is 11.9. The van der Waals surface area contributed by atoms with Crippen LogP contribution >= 0.6 is 0 Å². The molecule has 1 N–H and O–H groups in total. The van der Waals surface area contributed by atoms with Crippen molar-refractivity contribution < 1.29 is 14.3 Å². The summed E-state index contributed by atoms with van der Waals surface area (Å²) in [5.74, 6) is -0.0672. The highest BCUT2D eigenvalue weighted by molar-refractivity contribution is 5.94. The number of rotatable bonds is 2. The van der Waals surface area contributed by atoms with E-state index in [2.05, 4.69) is 5.32 Å². The van der Waals surface area contributed by atoms with Gasteiger partial charge in [-0.25, -0.2) is 0 Å². The van der Waals surface area contributed by atoms with Crippen molar-refractivity contribution in [2.24, 2.45) is 0 Å². The topological polar surface area (TPSA) is 58.6 Å². The van der Waals surface area contributed by atoms with E-state index < -0.39 is 0 Å². The fourth-order valence-corrected chi connectivity index (χ4v) is 2.72. The molecule has 0 spiro atoms. The lowest BCUT2D eigenvalue weighted by Crippen LogP contribution is -2.61. The molecule has 3 atom stereocenters. The number of nitrogens with one attached hydrogen (secondary N) is 1. The van der Waals surface area contributed by atoms with E-state index in [1.807, 2.05) is 0 Å². The van der Waals surface area contributed by atoms with E-state index in [9.17, 15) is 9.59 Å². The zero-order valence-electron chi connectivity index (χ0n) is 9.73. The molecule has 1 aliphatic carbocycles. The summed E-state index contributed by atoms with van der Waals surface area (Å²) >= 11 is 0. The Labute approximate surface area is 95.1 Å². The number of hydrogen-bond acceptors (Lipinski definition) is 3. The molecule has 0 radical (unpaired) electrons. The smallest absolute Gasteiger partial charge is 0.242 e. The Morgan fingerprint density at radius 3 is 2.81 bits per heavy atom. The summed E-state index contributed by atoms with van der Waals surface area (Å²) in [4.78, 5) is 25.1. The van der Waals surface area contributed by atoms with E-state index in [0.717, 1.165) is 19.3 Å². The highest BCUT2D eigenvalue weighted by atomic mass is 16.5. The number of carbonyl (C=O) groups excluding carboxylic acids is 2. The minimum atomic E-state index is -0.373. The Balaban J connectivity index is 2.16. The number of methoxy groups -OCH3 is 1. The zero-order chi connectivity index (χ0) is 11.7. The van der Waals surface area contributed by atoms with Crippen LogP contribution in [-0.4, -0.2) is 48.6 Å². The average Bonchev–Trinajstić information content (AvgIpc) is 2.72. The molecule has 0 aromatic carbocycles. The monoisotopic (exact) mass is 226 g/mol. The van der Waals surface area contributed by atoms with Crippen LogP contribution < -0.4 is 5.32 Å². The second-order valence-electron chi connectivity index (χ2n) is 4.47. The van der Waals surface area contributed by atoms with Gasteiger partial charge in [0.05, 0.1) is 18.7 Å². The summed E-state index contributed by atoms with van der Waals surface area (Å²) in [7, 11) is 1.67. The SMILES string of the molecule is COC1CCCC1N1C(=O)CNC(=O)C1C. The molecule has 1 saturated heterocycles. The predicted octanol–water partition coefficient (Wildman–Crippen LogP) is -0.0992. The van der Waals surface area contributed by atoms with Crippen LogP contribution in [0.15, 0.2) is 0 Å². The van der Waals surface area contributed by atoms with Crippen LogP contribution in [-0.2, 0) is 14.3 Å². The van der Waals surface area contributed by atoms with Gasteiger partial charge in [-0.15, -0.1) is 0 Å². The Morgan fingerprint density at radius 1 is 1.38 bits per heavy atom. The maximum Gasteiger partial charge on any atom is 0.242 e. The lowest BCUT2D eigenvalue weighted by atomic mass is 10.1. The van der Waals surface area contributed by atoms with Gasteiger partial charge in [-0.05, 0) is 26.2 Å². The lowest BCUT2D eigenvalue weighted by Gasteiger charge is -2.39. The fraction of sp³-hybridized carbons (Fsp3) is 0.818. The molecule has 5 nitrogen and oxygen atoms in total. The Bertz CT molecular complexity index is 306. The third-order valence-corrected chi connectivity index (χ3v) is 3.58. The summed E-state index contributed by atoms with van der Waals surface area (Å²) in [6, 6.07) is -0.305. The van der Waals surface area contributed by atoms with E-state index in [0.29, 0.717) is 0 Å². The van der Waals surface area contributed by atoms with Gasteiger partial charge >= 0.3 is 0 Å². The average molecular weight is 226 g/mol. The van der Waals surface area contributed by atoms with Gasteiger partial charge in [-0.1, -0.05) is 0 Å². The largest absolute Gasteiger partial charge is 0.379 e. The van der Waals surface area contributed by atoms with Gasteiger partial charge in [0.2, 0.25) is 11.8 Å². The van der Waals surface area contributed by atoms with Gasteiger partial charge < -0.3 is 15.0 Å². The van der Waals surface area contributed by atoms with E-state index >= 15 is 0 Å². The standard InChI is InChI=1S/C11H18N2O3/c1-7-11(15)12-6-10(14)13(7)8-4-3-5-9(8)16-2/h7-9H,3-6H2,1-2H3,(H,12,15). The van der Waals surface area contributed by atoms with Crippen LogP contribution in [0.25, 0.3) is 0 Å². The van der Waals surface area contributed by atoms with Gasteiger partial charge in [0, 0.05) is 7.11 Å². The summed E-state index contributed by atoms with van der Waals surface area (Å²) < 4.78 is 5.38. The third-order valence-electron chi connectivity index (χ3n) is 3.58. The first-order valence-corrected chi connectivity index (χ1v) is 5.77. The molecule has 0 aromatic rings. The molecular formula is C11H18N2O3. The molecule has 1 saturated carbocycles. The third kappa shape index (κ3) is 1.80. The normalized spacial score (nSPS) is 35.4. The Kier molecular flexibility index (Phi) is 3.14. The number of hydrogen-bond donors (Lipinski definition) is 1. The van der Waals surface area contributed by atoms with Crippen LogP contribution in [0.2, 0.25) is 0 Å². The fourth-order valence-electron chi connectivity index (χ4n) is 2.72. The first kappa shape index (κ1) is 11.4. The van der Waals surface area contributed by atoms with Gasteiger partial charge in [-0.2, -0.15) is 0 Å². The van der Waals surface area contributed by atoms with Crippen LogP contribution in [0, 0.1) is 0 Å². The van der Waals surface area contributed by atoms with Crippen LogP contribution in [0.5, 0.6) is 0 Å². The quantitative estimate of drug-likeness (QED) is 0.715. The van der Waals surface area contributed by atoms with Crippen LogP contribution in [0.1, 0.15) is 26.2 Å². The molecule has 0 aromatic heterocycles. The summed E-state index contributed by atoms with van der Waals surface area (Å²) in [5, 5.41) is 2.60. The molecule has 1 heterocycles. The highest BCUT2D eigenvalue weighted by Gasteiger charge is 2.41. The van der Waals surface area contributed by atoms with Gasteiger partial charge in [-0.3, -0.25) is 9.59 Å². The molecule has 2 aliphatic rings. The molecule has 90 valence electrons. The molecular weight excluding hydrogens is 208 g/mol. The number of carbonyl (C=O) groups is 2. The first-order valence-electron chi connectivity index (χ1n) is 5.77. The van der Waals surface area contributed by atoms with E-state index in [-0.39, 0.29) is 36.5 Å². The van der Waals surface area contributed by atoms with Crippen LogP contribution in [0.4, 0.5) is 0 Å². The second-order valence-corrected chi connectivity index (χ2v) is 4.47. The van der Waals surface area contributed by atoms with Crippen molar-refractivity contribution >= 4 is 11.8 Å². The van der Waals surface area contributed by atoms with Crippen molar-refractivity contribution in [2.45, 2.75) is 44.4 Å². The molecule has 2 rings (SSSR count). The summed E-state index contributed by atoms with van der Waals surface area (Å²) in [6.45, 7) is 1.90. The van der Waals surface area contributed by atoms with E-state index in [4.69, 9.17) is 4.74 Å². The summed E-state index contributed by atoms with van der Waals surface area (Å²) in [5.41, 5.74) is 0. The Morgan fingerprint density at radius 2 is 2.12 bits per heavy atom. The number of ether oxygens (including phenoxy) is 1. The van der Waals surface area contributed by atoms with Crippen molar-refractivity contribution in [1.29, 1.82) is 0 Å². The van der Waals surface area contributed by atoms with Gasteiger partial charge in [0.1, 0.15) is 6.04 Å². The van der Waals surface area contributed by atoms with Crippen molar-refractivity contribution in [3.05, 3.63) is 0 Å². The minimum Gasteiger partial charge on any atom is -0.379 e. The molecule has 3 unspecified atom stereocenters. The summed E-state index contributed by atoms with van der Waals surface area (Å²) in [6.07, 6.45) is 3.04. The number of amides is 2. The van der Waals surface area contributed by atoms with Crippen LogP contribution in [0.3, 0.4) is 0 Å². The number of nitrogens with zero attached hydrogens (tertiary/aromatic N) is 1. The van der Waals surface area contributed by atoms with Crippen molar-refractivity contribution in [3.63, 3.8) is 0 Å². The second kappa shape index (κ2) is 4.41. The molecule has 5 heteroatoms. The zero-order valence-corrected chi connectivity index (χ0v) is 9.73. The van der Waals surface area contributed by atoms with Crippen molar-refractivity contribution in [2.75, 3.05) is 13.7 Å². The number of piperazine rings is 1.